The van der Waals surface area contributed by atoms with Crippen molar-refractivity contribution in [3.63, 3.8) is 0 Å². The number of carbonyl (C=O) groups is 2. The molecule has 5 aromatic rings. The Balaban J connectivity index is 1.91. The Bertz CT molecular complexity index is 1410. The minimum absolute atomic E-state index is 0.230. The average molecular weight is 453 g/mol. The Kier molecular flexibility index (Phi) is 5.40. The fourth-order valence-electron chi connectivity index (χ4n) is 4.25. The van der Waals surface area contributed by atoms with Crippen LogP contribution in [0.1, 0.15) is 20.7 Å². The predicted molar refractivity (Wildman–Crippen MR) is 133 cm³/mol. The van der Waals surface area contributed by atoms with E-state index in [-0.39, 0.29) is 11.1 Å². The van der Waals surface area contributed by atoms with Gasteiger partial charge in [0.2, 0.25) is 0 Å². The van der Waals surface area contributed by atoms with Crippen molar-refractivity contribution in [3.8, 4) is 20.9 Å². The summed E-state index contributed by atoms with van der Waals surface area (Å²) in [6.45, 7) is 0. The Labute approximate surface area is 195 Å². The summed E-state index contributed by atoms with van der Waals surface area (Å²) in [5.74, 6) is -1.14. The van der Waals surface area contributed by atoms with Gasteiger partial charge in [-0.25, -0.2) is 9.59 Å². The van der Waals surface area contributed by atoms with Crippen LogP contribution in [0.25, 0.3) is 42.4 Å². The number of methoxy groups -OCH3 is 2. The second kappa shape index (κ2) is 8.52. The second-order valence-corrected chi connectivity index (χ2v) is 8.57. The zero-order chi connectivity index (χ0) is 22.9. The monoisotopic (exact) mass is 452 g/mol. The molecule has 0 radical (unpaired) electrons. The summed E-state index contributed by atoms with van der Waals surface area (Å²) in [5, 5.41) is 4.08. The van der Waals surface area contributed by atoms with Gasteiger partial charge in [-0.1, -0.05) is 84.9 Å². The van der Waals surface area contributed by atoms with Gasteiger partial charge in [-0.3, -0.25) is 0 Å². The molecular weight excluding hydrogens is 432 g/mol. The minimum Gasteiger partial charge on any atom is -0.465 e. The summed E-state index contributed by atoms with van der Waals surface area (Å²) < 4.78 is 10.3. The molecule has 1 aromatic heterocycles. The van der Waals surface area contributed by atoms with Crippen LogP contribution in [-0.4, -0.2) is 26.2 Å². The molecule has 0 bridgehead atoms. The number of hydrogen-bond donors (Lipinski definition) is 0. The maximum Gasteiger partial charge on any atom is 0.340 e. The van der Waals surface area contributed by atoms with E-state index in [1.165, 1.54) is 25.6 Å². The topological polar surface area (TPSA) is 52.6 Å². The molecule has 5 heteroatoms. The van der Waals surface area contributed by atoms with Crippen LogP contribution in [0.4, 0.5) is 0 Å². The molecule has 33 heavy (non-hydrogen) atoms. The third kappa shape index (κ3) is 3.47. The standard InChI is InChI=1S/C28H20O4S/c1-31-27(29)23-24(28(30)32-2)26(22-16-8-12-18-10-4-6-14-20(18)22)33-25(23)21-15-7-11-17-9-3-5-13-19(17)21/h3-16H,1-2H3. The largest absolute Gasteiger partial charge is 0.465 e. The zero-order valence-electron chi connectivity index (χ0n) is 18.1. The van der Waals surface area contributed by atoms with Crippen LogP contribution < -0.4 is 0 Å². The highest BCUT2D eigenvalue weighted by Crippen LogP contribution is 2.46. The van der Waals surface area contributed by atoms with Crippen molar-refractivity contribution in [3.05, 3.63) is 96.1 Å². The number of ether oxygens (including phenoxy) is 2. The molecule has 0 saturated carbocycles. The summed E-state index contributed by atoms with van der Waals surface area (Å²) in [4.78, 5) is 27.5. The third-order valence-electron chi connectivity index (χ3n) is 5.76. The maximum absolute atomic E-state index is 13.1. The van der Waals surface area contributed by atoms with E-state index >= 15 is 0 Å². The molecule has 0 aliphatic heterocycles. The molecular formula is C28H20O4S. The van der Waals surface area contributed by atoms with Crippen LogP contribution in [-0.2, 0) is 9.47 Å². The van der Waals surface area contributed by atoms with E-state index in [1.54, 1.807) is 0 Å². The summed E-state index contributed by atoms with van der Waals surface area (Å²) in [5.41, 5.74) is 2.20. The van der Waals surface area contributed by atoms with E-state index in [9.17, 15) is 9.59 Å². The third-order valence-corrected chi connectivity index (χ3v) is 7.01. The molecule has 0 aliphatic rings. The Morgan fingerprint density at radius 2 is 0.970 bits per heavy atom. The first-order valence-electron chi connectivity index (χ1n) is 10.4. The maximum atomic E-state index is 13.1. The lowest BCUT2D eigenvalue weighted by Crippen LogP contribution is -2.11. The number of fused-ring (bicyclic) bond motifs is 2. The van der Waals surface area contributed by atoms with Crippen LogP contribution in [0, 0.1) is 0 Å². The second-order valence-electron chi connectivity index (χ2n) is 7.55. The molecule has 0 atom stereocenters. The van der Waals surface area contributed by atoms with Crippen molar-refractivity contribution in [2.24, 2.45) is 0 Å². The molecule has 4 nitrogen and oxygen atoms in total. The number of rotatable bonds is 4. The molecule has 0 spiro atoms. The van der Waals surface area contributed by atoms with E-state index in [0.29, 0.717) is 9.75 Å². The molecule has 5 rings (SSSR count). The number of esters is 2. The normalized spacial score (nSPS) is 11.0. The summed E-state index contributed by atoms with van der Waals surface area (Å²) in [6.07, 6.45) is 0. The highest BCUT2D eigenvalue weighted by molar-refractivity contribution is 7.20. The molecule has 1 heterocycles. The fraction of sp³-hybridized carbons (Fsp3) is 0.0714. The Morgan fingerprint density at radius 1 is 0.576 bits per heavy atom. The van der Waals surface area contributed by atoms with Gasteiger partial charge in [0.15, 0.2) is 0 Å². The van der Waals surface area contributed by atoms with Gasteiger partial charge in [0, 0.05) is 11.1 Å². The molecule has 0 aliphatic carbocycles. The molecule has 0 unspecified atom stereocenters. The lowest BCUT2D eigenvalue weighted by molar-refractivity contribution is 0.0558. The van der Waals surface area contributed by atoms with Crippen molar-refractivity contribution in [1.82, 2.24) is 0 Å². The van der Waals surface area contributed by atoms with Gasteiger partial charge in [-0.05, 0) is 21.5 Å². The predicted octanol–water partition coefficient (Wildman–Crippen LogP) is 6.96. The molecule has 0 fully saturated rings. The minimum atomic E-state index is -0.568. The number of benzene rings is 4. The average Bonchev–Trinajstić information content (AvgIpc) is 3.27. The zero-order valence-corrected chi connectivity index (χ0v) is 18.9. The molecule has 0 N–H and O–H groups in total. The van der Waals surface area contributed by atoms with E-state index in [2.05, 4.69) is 0 Å². The summed E-state index contributed by atoms with van der Waals surface area (Å²) in [6, 6.07) is 27.8. The molecule has 0 amide bonds. The Morgan fingerprint density at radius 3 is 1.39 bits per heavy atom. The van der Waals surface area contributed by atoms with Crippen molar-refractivity contribution in [2.75, 3.05) is 14.2 Å². The SMILES string of the molecule is COC(=O)c1c(-c2cccc3ccccc23)sc(-c2cccc3ccccc23)c1C(=O)OC. The first-order chi connectivity index (χ1) is 16.1. The van der Waals surface area contributed by atoms with Gasteiger partial charge in [-0.15, -0.1) is 11.3 Å². The molecule has 0 saturated heterocycles. The van der Waals surface area contributed by atoms with Gasteiger partial charge in [0.05, 0.1) is 35.1 Å². The van der Waals surface area contributed by atoms with Crippen molar-refractivity contribution < 1.29 is 19.1 Å². The number of thiophene rings is 1. The van der Waals surface area contributed by atoms with Gasteiger partial charge in [0.25, 0.3) is 0 Å². The first-order valence-corrected chi connectivity index (χ1v) is 11.3. The van der Waals surface area contributed by atoms with Crippen LogP contribution >= 0.6 is 11.3 Å². The van der Waals surface area contributed by atoms with Gasteiger partial charge in [-0.2, -0.15) is 0 Å². The van der Waals surface area contributed by atoms with Crippen molar-refractivity contribution in [2.45, 2.75) is 0 Å². The highest BCUT2D eigenvalue weighted by Gasteiger charge is 2.31. The van der Waals surface area contributed by atoms with Crippen LogP contribution in [0.3, 0.4) is 0 Å². The quantitative estimate of drug-likeness (QED) is 0.277. The lowest BCUT2D eigenvalue weighted by Gasteiger charge is -2.09. The van der Waals surface area contributed by atoms with Gasteiger partial charge >= 0.3 is 11.9 Å². The molecule has 162 valence electrons. The van der Waals surface area contributed by atoms with E-state index in [4.69, 9.17) is 9.47 Å². The van der Waals surface area contributed by atoms with Crippen LogP contribution in [0.15, 0.2) is 84.9 Å². The Hall–Kier alpha value is -3.96. The summed E-state index contributed by atoms with van der Waals surface area (Å²) >= 11 is 1.41. The smallest absolute Gasteiger partial charge is 0.340 e. The van der Waals surface area contributed by atoms with Crippen LogP contribution in [0.2, 0.25) is 0 Å². The number of carbonyl (C=O) groups excluding carboxylic acids is 2. The molecule has 4 aromatic carbocycles. The van der Waals surface area contributed by atoms with Crippen molar-refractivity contribution in [1.29, 1.82) is 0 Å². The van der Waals surface area contributed by atoms with E-state index in [0.717, 1.165) is 32.7 Å². The highest BCUT2D eigenvalue weighted by atomic mass is 32.1. The van der Waals surface area contributed by atoms with E-state index in [1.807, 2.05) is 84.9 Å². The van der Waals surface area contributed by atoms with Crippen molar-refractivity contribution >= 4 is 44.8 Å². The van der Waals surface area contributed by atoms with Gasteiger partial charge < -0.3 is 9.47 Å². The fourth-order valence-corrected chi connectivity index (χ4v) is 5.61. The van der Waals surface area contributed by atoms with Gasteiger partial charge in [0.1, 0.15) is 0 Å². The van der Waals surface area contributed by atoms with E-state index < -0.39 is 11.9 Å². The van der Waals surface area contributed by atoms with Crippen LogP contribution in [0.5, 0.6) is 0 Å². The summed E-state index contributed by atoms with van der Waals surface area (Å²) in [7, 11) is 2.65. The number of hydrogen-bond acceptors (Lipinski definition) is 5. The lowest BCUT2D eigenvalue weighted by atomic mass is 9.96. The first kappa shape index (κ1) is 20.9.